The average Bonchev–Trinajstić information content (AvgIpc) is 2.79. The lowest BCUT2D eigenvalue weighted by molar-refractivity contribution is -0.129. The van der Waals surface area contributed by atoms with Gasteiger partial charge in [0.15, 0.2) is 16.6 Å². The van der Waals surface area contributed by atoms with Crippen molar-refractivity contribution in [2.45, 2.75) is 6.92 Å². The molecule has 1 saturated heterocycles. The highest BCUT2D eigenvalue weighted by Gasteiger charge is 2.21. The van der Waals surface area contributed by atoms with Gasteiger partial charge in [0.05, 0.1) is 10.7 Å². The predicted octanol–water partition coefficient (Wildman–Crippen LogP) is 2.91. The highest BCUT2D eigenvalue weighted by molar-refractivity contribution is 7.80. The number of rotatable bonds is 3. The van der Waals surface area contributed by atoms with E-state index < -0.39 is 0 Å². The molecular formula is C22H23ClN4O4S. The summed E-state index contributed by atoms with van der Waals surface area (Å²) in [6, 6.07) is 10.5. The van der Waals surface area contributed by atoms with Gasteiger partial charge in [0.25, 0.3) is 5.91 Å². The molecule has 0 aromatic heterocycles. The lowest BCUT2D eigenvalue weighted by Gasteiger charge is -2.36. The fraction of sp³-hybridized carbons (Fsp3) is 0.318. The van der Waals surface area contributed by atoms with Crippen LogP contribution in [0, 0.1) is 0 Å². The third-order valence-corrected chi connectivity index (χ3v) is 5.81. The number of ether oxygens (including phenoxy) is 2. The zero-order chi connectivity index (χ0) is 22.7. The number of hydrogen-bond donors (Lipinski definition) is 2. The lowest BCUT2D eigenvalue weighted by atomic mass is 10.2. The van der Waals surface area contributed by atoms with Gasteiger partial charge in [0, 0.05) is 44.4 Å². The summed E-state index contributed by atoms with van der Waals surface area (Å²) in [7, 11) is 0. The van der Waals surface area contributed by atoms with Crippen LogP contribution in [0.4, 0.5) is 11.4 Å². The van der Waals surface area contributed by atoms with Crippen molar-refractivity contribution in [3.63, 3.8) is 0 Å². The molecule has 2 aromatic carbocycles. The number of amides is 2. The Morgan fingerprint density at radius 1 is 1.00 bits per heavy atom. The number of piperazine rings is 1. The fourth-order valence-electron chi connectivity index (χ4n) is 3.63. The number of nitrogens with one attached hydrogen (secondary N) is 2. The molecule has 168 valence electrons. The number of hydrogen-bond acceptors (Lipinski definition) is 6. The van der Waals surface area contributed by atoms with Crippen molar-refractivity contribution >= 4 is 52.1 Å². The van der Waals surface area contributed by atoms with Gasteiger partial charge < -0.3 is 24.6 Å². The maximum absolute atomic E-state index is 12.5. The summed E-state index contributed by atoms with van der Waals surface area (Å²) >= 11 is 11.8. The smallest absolute Gasteiger partial charge is 0.257 e. The van der Waals surface area contributed by atoms with Crippen molar-refractivity contribution in [1.82, 2.24) is 10.2 Å². The van der Waals surface area contributed by atoms with E-state index in [2.05, 4.69) is 15.5 Å². The van der Waals surface area contributed by atoms with Crippen LogP contribution in [0.5, 0.6) is 11.5 Å². The van der Waals surface area contributed by atoms with E-state index in [1.165, 1.54) is 0 Å². The first kappa shape index (κ1) is 22.2. The topological polar surface area (TPSA) is 83.1 Å². The Balaban J connectivity index is 1.35. The number of thiocarbonyl (C=S) groups is 1. The third-order valence-electron chi connectivity index (χ3n) is 5.30. The van der Waals surface area contributed by atoms with Crippen LogP contribution in [-0.2, 0) is 4.79 Å². The van der Waals surface area contributed by atoms with E-state index in [1.54, 1.807) is 31.2 Å². The second-order valence-corrected chi connectivity index (χ2v) is 8.24. The molecule has 0 atom stereocenters. The quantitative estimate of drug-likeness (QED) is 0.662. The maximum Gasteiger partial charge on any atom is 0.257 e. The number of carbonyl (C=O) groups excluding carboxylic acids is 2. The van der Waals surface area contributed by atoms with E-state index in [9.17, 15) is 9.59 Å². The Hall–Kier alpha value is -3.04. The Bertz CT molecular complexity index is 1060. The molecule has 32 heavy (non-hydrogen) atoms. The summed E-state index contributed by atoms with van der Waals surface area (Å²) in [6.45, 7) is 5.29. The second kappa shape index (κ2) is 9.62. The molecule has 0 bridgehead atoms. The summed E-state index contributed by atoms with van der Waals surface area (Å²) in [5.74, 6) is 0.882. The molecule has 2 aliphatic rings. The summed E-state index contributed by atoms with van der Waals surface area (Å²) < 4.78 is 11.0. The SMILES string of the molecule is CC(=O)N1CCN(c2ccc(NC(=S)NC(=O)c3ccc4c(c3)OCCO4)cc2Cl)CC1. The molecular weight excluding hydrogens is 452 g/mol. The zero-order valence-electron chi connectivity index (χ0n) is 17.5. The van der Waals surface area contributed by atoms with Crippen LogP contribution in [0.3, 0.4) is 0 Å². The van der Waals surface area contributed by atoms with Crippen molar-refractivity contribution < 1.29 is 19.1 Å². The van der Waals surface area contributed by atoms with E-state index in [1.807, 2.05) is 17.0 Å². The summed E-state index contributed by atoms with van der Waals surface area (Å²) in [5.41, 5.74) is 1.97. The zero-order valence-corrected chi connectivity index (χ0v) is 19.1. The van der Waals surface area contributed by atoms with Crippen molar-refractivity contribution in [3.05, 3.63) is 47.0 Å². The molecule has 2 heterocycles. The van der Waals surface area contributed by atoms with E-state index in [4.69, 9.17) is 33.3 Å². The predicted molar refractivity (Wildman–Crippen MR) is 127 cm³/mol. The minimum Gasteiger partial charge on any atom is -0.486 e. The van der Waals surface area contributed by atoms with Crippen molar-refractivity contribution in [2.75, 3.05) is 49.6 Å². The first-order chi connectivity index (χ1) is 15.4. The molecule has 0 saturated carbocycles. The molecule has 0 spiro atoms. The van der Waals surface area contributed by atoms with Gasteiger partial charge in [-0.3, -0.25) is 14.9 Å². The molecule has 2 aromatic rings. The van der Waals surface area contributed by atoms with Crippen molar-refractivity contribution in [1.29, 1.82) is 0 Å². The molecule has 0 radical (unpaired) electrons. The van der Waals surface area contributed by atoms with Gasteiger partial charge in [-0.25, -0.2) is 0 Å². The molecule has 4 rings (SSSR count). The number of anilines is 2. The van der Waals surface area contributed by atoms with Crippen molar-refractivity contribution in [2.24, 2.45) is 0 Å². The van der Waals surface area contributed by atoms with Gasteiger partial charge in [-0.1, -0.05) is 11.6 Å². The fourth-order valence-corrected chi connectivity index (χ4v) is 4.14. The first-order valence-electron chi connectivity index (χ1n) is 10.2. The monoisotopic (exact) mass is 474 g/mol. The van der Waals surface area contributed by atoms with Gasteiger partial charge in [-0.2, -0.15) is 0 Å². The van der Waals surface area contributed by atoms with E-state index in [0.29, 0.717) is 54.1 Å². The van der Waals surface area contributed by atoms with Crippen molar-refractivity contribution in [3.8, 4) is 11.5 Å². The Kier molecular flexibility index (Phi) is 6.66. The minimum absolute atomic E-state index is 0.0853. The first-order valence-corrected chi connectivity index (χ1v) is 11.0. The minimum atomic E-state index is -0.356. The standard InChI is InChI=1S/C22H23ClN4O4S/c1-14(28)26-6-8-27(9-7-26)18-4-3-16(13-17(18)23)24-22(32)25-21(29)15-2-5-19-20(12-15)31-11-10-30-19/h2-5,12-13H,6-11H2,1H3,(H2,24,25,29,32). The number of carbonyl (C=O) groups is 2. The van der Waals surface area contributed by atoms with E-state index >= 15 is 0 Å². The van der Waals surface area contributed by atoms with Gasteiger partial charge in [-0.15, -0.1) is 0 Å². The van der Waals surface area contributed by atoms with Crippen LogP contribution < -0.4 is 25.0 Å². The highest BCUT2D eigenvalue weighted by Crippen LogP contribution is 2.31. The molecule has 2 N–H and O–H groups in total. The Morgan fingerprint density at radius 3 is 2.41 bits per heavy atom. The largest absolute Gasteiger partial charge is 0.486 e. The van der Waals surface area contributed by atoms with Crippen LogP contribution in [-0.4, -0.2) is 61.2 Å². The van der Waals surface area contributed by atoms with Crippen LogP contribution in [0.1, 0.15) is 17.3 Å². The van der Waals surface area contributed by atoms with Gasteiger partial charge in [-0.05, 0) is 48.6 Å². The number of halogens is 1. The highest BCUT2D eigenvalue weighted by atomic mass is 35.5. The molecule has 10 heteroatoms. The summed E-state index contributed by atoms with van der Waals surface area (Å²) in [5, 5.41) is 6.36. The second-order valence-electron chi connectivity index (χ2n) is 7.43. The Labute approximate surface area is 196 Å². The molecule has 1 fully saturated rings. The van der Waals surface area contributed by atoms with Crippen LogP contribution in [0.2, 0.25) is 5.02 Å². The van der Waals surface area contributed by atoms with Gasteiger partial charge >= 0.3 is 0 Å². The van der Waals surface area contributed by atoms with Gasteiger partial charge in [0.2, 0.25) is 5.91 Å². The molecule has 2 amide bonds. The maximum atomic E-state index is 12.5. The molecule has 8 nitrogen and oxygen atoms in total. The average molecular weight is 475 g/mol. The van der Waals surface area contributed by atoms with Crippen LogP contribution >= 0.6 is 23.8 Å². The van der Waals surface area contributed by atoms with E-state index in [-0.39, 0.29) is 16.9 Å². The molecule has 2 aliphatic heterocycles. The lowest BCUT2D eigenvalue weighted by Crippen LogP contribution is -2.48. The van der Waals surface area contributed by atoms with Gasteiger partial charge in [0.1, 0.15) is 13.2 Å². The number of nitrogens with zero attached hydrogens (tertiary/aromatic N) is 2. The van der Waals surface area contributed by atoms with Crippen LogP contribution in [0.25, 0.3) is 0 Å². The molecule has 0 unspecified atom stereocenters. The number of fused-ring (bicyclic) bond motifs is 1. The normalized spacial score (nSPS) is 15.2. The van der Waals surface area contributed by atoms with E-state index in [0.717, 1.165) is 18.8 Å². The number of benzene rings is 2. The van der Waals surface area contributed by atoms with Crippen LogP contribution in [0.15, 0.2) is 36.4 Å². The third kappa shape index (κ3) is 5.05. The Morgan fingerprint density at radius 2 is 1.72 bits per heavy atom. The summed E-state index contributed by atoms with van der Waals surface area (Å²) in [4.78, 5) is 28.0. The summed E-state index contributed by atoms with van der Waals surface area (Å²) in [6.07, 6.45) is 0. The molecule has 0 aliphatic carbocycles.